The Balaban J connectivity index is 2.18. The summed E-state index contributed by atoms with van der Waals surface area (Å²) in [6.07, 6.45) is 3.08. The number of hydrogen-bond acceptors (Lipinski definition) is 2. The Morgan fingerprint density at radius 3 is 3.07 bits per heavy atom. The fourth-order valence-electron chi connectivity index (χ4n) is 1.66. The second-order valence-electron chi connectivity index (χ2n) is 3.41. The molecule has 2 aromatic rings. The van der Waals surface area contributed by atoms with Gasteiger partial charge in [-0.3, -0.25) is 0 Å². The van der Waals surface area contributed by atoms with Crippen LogP contribution in [0.15, 0.2) is 28.9 Å². The van der Waals surface area contributed by atoms with Gasteiger partial charge in [-0.05, 0) is 12.1 Å². The van der Waals surface area contributed by atoms with Gasteiger partial charge in [-0.2, -0.15) is 5.10 Å². The van der Waals surface area contributed by atoms with Crippen LogP contribution in [0, 0.1) is 0 Å². The maximum absolute atomic E-state index is 5.41. The van der Waals surface area contributed by atoms with Gasteiger partial charge in [0.1, 0.15) is 0 Å². The lowest BCUT2D eigenvalue weighted by Gasteiger charge is -2.27. The lowest BCUT2D eigenvalue weighted by atomic mass is 10.2. The van der Waals surface area contributed by atoms with Crippen LogP contribution in [0.3, 0.4) is 0 Å². The molecule has 1 aromatic carbocycles. The zero-order valence-electron chi connectivity index (χ0n) is 7.48. The smallest absolute Gasteiger partial charge is 0.153 e. The highest BCUT2D eigenvalue weighted by atomic mass is 79.9. The van der Waals surface area contributed by atoms with E-state index in [0.29, 0.717) is 0 Å². The Kier molecular flexibility index (Phi) is 1.85. The summed E-state index contributed by atoms with van der Waals surface area (Å²) in [6, 6.07) is 6.15. The molecule has 0 radical (unpaired) electrons. The number of nitrogens with zero attached hydrogens (tertiary/aromatic N) is 2. The maximum atomic E-state index is 5.41. The van der Waals surface area contributed by atoms with Gasteiger partial charge in [0.2, 0.25) is 0 Å². The van der Waals surface area contributed by atoms with Crippen molar-refractivity contribution in [3.8, 4) is 0 Å². The first-order valence-electron chi connectivity index (χ1n) is 4.59. The fourth-order valence-corrected chi connectivity index (χ4v) is 2.01. The van der Waals surface area contributed by atoms with Crippen LogP contribution < -0.4 is 0 Å². The number of rotatable bonds is 1. The highest BCUT2D eigenvalue weighted by Gasteiger charge is 2.22. The number of halogens is 1. The lowest BCUT2D eigenvalue weighted by molar-refractivity contribution is -0.104. The van der Waals surface area contributed by atoms with Crippen LogP contribution in [0.25, 0.3) is 10.9 Å². The second kappa shape index (κ2) is 3.07. The van der Waals surface area contributed by atoms with Crippen LogP contribution in [-0.4, -0.2) is 16.4 Å². The first-order chi connectivity index (χ1) is 6.84. The minimum Gasteiger partial charge on any atom is -0.356 e. The van der Waals surface area contributed by atoms with Gasteiger partial charge in [-0.25, -0.2) is 4.68 Å². The molecule has 3 rings (SSSR count). The molecule has 72 valence electrons. The van der Waals surface area contributed by atoms with E-state index in [1.165, 1.54) is 0 Å². The Morgan fingerprint density at radius 1 is 1.50 bits per heavy atom. The third-order valence-electron chi connectivity index (χ3n) is 2.51. The second-order valence-corrected chi connectivity index (χ2v) is 4.32. The van der Waals surface area contributed by atoms with Gasteiger partial charge in [0.25, 0.3) is 0 Å². The Hall–Kier alpha value is -0.870. The molecule has 1 aromatic heterocycles. The van der Waals surface area contributed by atoms with Crippen LogP contribution in [0.5, 0.6) is 0 Å². The predicted molar refractivity (Wildman–Crippen MR) is 57.0 cm³/mol. The summed E-state index contributed by atoms with van der Waals surface area (Å²) in [4.78, 5) is 0. The van der Waals surface area contributed by atoms with Crippen LogP contribution in [0.4, 0.5) is 0 Å². The number of fused-ring (bicyclic) bond motifs is 1. The minimum absolute atomic E-state index is 0.141. The van der Waals surface area contributed by atoms with E-state index in [1.807, 2.05) is 16.9 Å². The molecule has 14 heavy (non-hydrogen) atoms. The highest BCUT2D eigenvalue weighted by molar-refractivity contribution is 9.10. The normalized spacial score (nSPS) is 21.1. The van der Waals surface area contributed by atoms with Crippen LogP contribution in [0.2, 0.25) is 0 Å². The topological polar surface area (TPSA) is 27.1 Å². The van der Waals surface area contributed by atoms with Gasteiger partial charge >= 0.3 is 0 Å². The van der Waals surface area contributed by atoms with Gasteiger partial charge < -0.3 is 4.74 Å². The standard InChI is InChI=1S/C10H9BrN2O/c11-8-2-1-7-6-12-13(9(7)5-8)10-3-4-14-10/h1-2,5-6,10H,3-4H2. The molecule has 0 aliphatic carbocycles. The first kappa shape index (κ1) is 8.44. The van der Waals surface area contributed by atoms with Gasteiger partial charge in [0.15, 0.2) is 6.23 Å². The molecule has 2 heterocycles. The maximum Gasteiger partial charge on any atom is 0.153 e. The fraction of sp³-hybridized carbons (Fsp3) is 0.300. The quantitative estimate of drug-likeness (QED) is 0.781. The van der Waals surface area contributed by atoms with E-state index in [0.717, 1.165) is 28.4 Å². The average molecular weight is 253 g/mol. The average Bonchev–Trinajstić information content (AvgIpc) is 2.46. The van der Waals surface area contributed by atoms with Crippen LogP contribution >= 0.6 is 15.9 Å². The van der Waals surface area contributed by atoms with Crippen LogP contribution in [0.1, 0.15) is 12.6 Å². The molecule has 1 aliphatic heterocycles. The van der Waals surface area contributed by atoms with Crippen molar-refractivity contribution in [3.05, 3.63) is 28.9 Å². The molecule has 0 spiro atoms. The van der Waals surface area contributed by atoms with Crippen molar-refractivity contribution >= 4 is 26.8 Å². The minimum atomic E-state index is 0.141. The van der Waals surface area contributed by atoms with Crippen molar-refractivity contribution in [1.29, 1.82) is 0 Å². The summed E-state index contributed by atoms with van der Waals surface area (Å²) in [6.45, 7) is 0.847. The molecule has 0 N–H and O–H groups in total. The van der Waals surface area contributed by atoms with Gasteiger partial charge in [-0.15, -0.1) is 0 Å². The lowest BCUT2D eigenvalue weighted by Crippen LogP contribution is -2.25. The van der Waals surface area contributed by atoms with E-state index in [1.54, 1.807) is 0 Å². The number of benzene rings is 1. The summed E-state index contributed by atoms with van der Waals surface area (Å²) < 4.78 is 8.43. The first-order valence-corrected chi connectivity index (χ1v) is 5.38. The summed E-state index contributed by atoms with van der Waals surface area (Å²) >= 11 is 3.46. The molecule has 0 saturated carbocycles. The zero-order chi connectivity index (χ0) is 9.54. The predicted octanol–water partition coefficient (Wildman–Crippen LogP) is 2.72. The molecular formula is C10H9BrN2O. The number of hydrogen-bond donors (Lipinski definition) is 0. The van der Waals surface area contributed by atoms with E-state index in [-0.39, 0.29) is 6.23 Å². The summed E-state index contributed by atoms with van der Waals surface area (Å²) in [7, 11) is 0. The summed E-state index contributed by atoms with van der Waals surface area (Å²) in [5.74, 6) is 0. The van der Waals surface area contributed by atoms with E-state index in [2.05, 4.69) is 33.2 Å². The number of aromatic nitrogens is 2. The summed E-state index contributed by atoms with van der Waals surface area (Å²) in [5, 5.41) is 5.49. The zero-order valence-corrected chi connectivity index (χ0v) is 9.07. The van der Waals surface area contributed by atoms with Crippen LogP contribution in [-0.2, 0) is 4.74 Å². The summed E-state index contributed by atoms with van der Waals surface area (Å²) in [5.41, 5.74) is 1.13. The highest BCUT2D eigenvalue weighted by Crippen LogP contribution is 2.28. The largest absolute Gasteiger partial charge is 0.356 e. The van der Waals surface area contributed by atoms with Gasteiger partial charge in [0, 0.05) is 16.3 Å². The number of ether oxygens (including phenoxy) is 1. The van der Waals surface area contributed by atoms with Crippen molar-refractivity contribution < 1.29 is 4.74 Å². The van der Waals surface area contributed by atoms with Crippen molar-refractivity contribution in [3.63, 3.8) is 0 Å². The van der Waals surface area contributed by atoms with Gasteiger partial charge in [0.05, 0.1) is 18.3 Å². The molecule has 1 saturated heterocycles. The molecule has 0 amide bonds. The molecule has 1 aliphatic rings. The van der Waals surface area contributed by atoms with Crippen molar-refractivity contribution in [2.45, 2.75) is 12.6 Å². The Labute approximate surface area is 89.8 Å². The molecule has 3 nitrogen and oxygen atoms in total. The van der Waals surface area contributed by atoms with Gasteiger partial charge in [-0.1, -0.05) is 22.0 Å². The van der Waals surface area contributed by atoms with Crippen molar-refractivity contribution in [1.82, 2.24) is 9.78 Å². The molecule has 1 atom stereocenters. The van der Waals surface area contributed by atoms with E-state index >= 15 is 0 Å². The molecule has 0 bridgehead atoms. The van der Waals surface area contributed by atoms with Crippen molar-refractivity contribution in [2.75, 3.05) is 6.61 Å². The van der Waals surface area contributed by atoms with E-state index in [9.17, 15) is 0 Å². The molecule has 1 fully saturated rings. The SMILES string of the molecule is Brc1ccc2cnn(C3CCO3)c2c1. The molecule has 1 unspecified atom stereocenters. The van der Waals surface area contributed by atoms with E-state index < -0.39 is 0 Å². The Bertz CT molecular complexity index is 476. The van der Waals surface area contributed by atoms with Crippen molar-refractivity contribution in [2.24, 2.45) is 0 Å². The third kappa shape index (κ3) is 1.18. The third-order valence-corrected chi connectivity index (χ3v) is 3.00. The molecule has 4 heteroatoms. The van der Waals surface area contributed by atoms with E-state index in [4.69, 9.17) is 4.74 Å². The molecular weight excluding hydrogens is 244 g/mol. The monoisotopic (exact) mass is 252 g/mol. The Morgan fingerprint density at radius 2 is 2.36 bits per heavy atom.